The van der Waals surface area contributed by atoms with Gasteiger partial charge in [0.05, 0.1) is 25.4 Å². The second-order valence-corrected chi connectivity index (χ2v) is 21.4. The van der Waals surface area contributed by atoms with Crippen molar-refractivity contribution in [3.8, 4) is 0 Å². The van der Waals surface area contributed by atoms with Crippen LogP contribution in [-0.4, -0.2) is 99.6 Å². The van der Waals surface area contributed by atoms with E-state index >= 15 is 0 Å². The molecule has 1 heterocycles. The first-order valence-corrected chi connectivity index (χ1v) is 31.8. The fraction of sp³-hybridized carbons (Fsp3) is 0.681. The number of nitrogens with one attached hydrogen (secondary N) is 1. The largest absolute Gasteiger partial charge is 0.454 e. The standard InChI is InChI=1S/C69H115NO10/c1-4-7-10-13-16-19-22-24-26-27-28-29-30-31-32-33-34-35-36-37-38-41-44-47-50-53-56-62(73)68(77)70-60(61(72)55-52-49-46-43-40-21-18-15-12-9-6-3)59-78-69-67(66(76)65(75)63(58-71)79-69)80-64(74)57-54-51-48-45-42-39-25-23-20-17-14-11-8-5-2/h7-8,10-11,16-17,19-20,24-26,28-29,31-32,34-35,39,52,55,60-63,65-67,69,71-73,75-76H,4-6,9,12-15,18,21-23,27,30,33,36-38,40-51,53-54,56-59H2,1-3H3,(H,70,77)/b10-7-,11-8+,19-16-,20-17+,26-24-,29-28-,32-31-,35-34-,39-25+,55-52+. The minimum absolute atomic E-state index is 0.0906. The first-order valence-electron chi connectivity index (χ1n) is 31.8. The van der Waals surface area contributed by atoms with Gasteiger partial charge in [0.25, 0.3) is 0 Å². The Kier molecular flexibility index (Phi) is 51.5. The van der Waals surface area contributed by atoms with Crippen molar-refractivity contribution >= 4 is 11.9 Å². The Morgan fingerprint density at radius 2 is 0.900 bits per heavy atom. The van der Waals surface area contributed by atoms with E-state index in [0.717, 1.165) is 148 Å². The summed E-state index contributed by atoms with van der Waals surface area (Å²) in [5.41, 5.74) is 0. The van der Waals surface area contributed by atoms with Crippen LogP contribution >= 0.6 is 0 Å². The molecule has 6 N–H and O–H groups in total. The molecule has 0 radical (unpaired) electrons. The average molecular weight is 1120 g/mol. The van der Waals surface area contributed by atoms with Gasteiger partial charge in [0, 0.05) is 6.42 Å². The van der Waals surface area contributed by atoms with Gasteiger partial charge < -0.3 is 45.1 Å². The number of amides is 1. The molecular formula is C69H115NO10. The van der Waals surface area contributed by atoms with Gasteiger partial charge in [-0.05, 0) is 109 Å². The molecule has 11 nitrogen and oxygen atoms in total. The van der Waals surface area contributed by atoms with E-state index in [-0.39, 0.29) is 19.4 Å². The molecule has 0 aromatic carbocycles. The van der Waals surface area contributed by atoms with Crippen molar-refractivity contribution in [1.82, 2.24) is 5.32 Å². The quantitative estimate of drug-likeness (QED) is 0.0195. The molecule has 0 aromatic rings. The number of allylic oxidation sites excluding steroid dienone is 19. The summed E-state index contributed by atoms with van der Waals surface area (Å²) in [5.74, 6) is -1.24. The minimum atomic E-state index is -1.63. The van der Waals surface area contributed by atoms with Crippen LogP contribution in [0.2, 0.25) is 0 Å². The Morgan fingerprint density at radius 3 is 1.35 bits per heavy atom. The number of aliphatic hydroxyl groups excluding tert-OH is 5. The summed E-state index contributed by atoms with van der Waals surface area (Å²) in [6.45, 7) is 5.52. The fourth-order valence-electron chi connectivity index (χ4n) is 9.14. The smallest absolute Gasteiger partial charge is 0.306 e. The van der Waals surface area contributed by atoms with E-state index in [1.54, 1.807) is 6.08 Å². The summed E-state index contributed by atoms with van der Waals surface area (Å²) in [7, 11) is 0. The summed E-state index contributed by atoms with van der Waals surface area (Å²) in [6, 6.07) is -1.04. The molecule has 1 fully saturated rings. The molecule has 1 saturated heterocycles. The van der Waals surface area contributed by atoms with Crippen LogP contribution in [0, 0.1) is 0 Å². The monoisotopic (exact) mass is 1120 g/mol. The summed E-state index contributed by atoms with van der Waals surface area (Å²) in [5, 5.41) is 57.0. The Balaban J connectivity index is 2.63. The summed E-state index contributed by atoms with van der Waals surface area (Å²) < 4.78 is 17.6. The summed E-state index contributed by atoms with van der Waals surface area (Å²) in [6.07, 6.45) is 66.7. The van der Waals surface area contributed by atoms with Gasteiger partial charge in [0.1, 0.15) is 24.4 Å². The minimum Gasteiger partial charge on any atom is -0.454 e. The molecule has 8 unspecified atom stereocenters. The maximum Gasteiger partial charge on any atom is 0.306 e. The van der Waals surface area contributed by atoms with Crippen molar-refractivity contribution in [2.24, 2.45) is 0 Å². The van der Waals surface area contributed by atoms with Gasteiger partial charge in [-0.2, -0.15) is 0 Å². The number of ether oxygens (including phenoxy) is 3. The highest BCUT2D eigenvalue weighted by Crippen LogP contribution is 2.26. The third kappa shape index (κ3) is 42.8. The maximum atomic E-state index is 13.4. The number of esters is 1. The Hall–Kier alpha value is -3.94. The third-order valence-electron chi connectivity index (χ3n) is 14.1. The van der Waals surface area contributed by atoms with Crippen LogP contribution in [0.4, 0.5) is 0 Å². The van der Waals surface area contributed by atoms with Crippen molar-refractivity contribution in [3.05, 3.63) is 122 Å². The number of aliphatic hydroxyl groups is 5. The zero-order chi connectivity index (χ0) is 58.2. The molecule has 1 amide bonds. The number of rotatable bonds is 52. The number of hydrogen-bond donors (Lipinski definition) is 6. The predicted octanol–water partition coefficient (Wildman–Crippen LogP) is 15.4. The van der Waals surface area contributed by atoms with Gasteiger partial charge in [0.2, 0.25) is 5.91 Å². The number of unbranched alkanes of at least 4 members (excludes halogenated alkanes) is 20. The molecule has 0 spiro atoms. The van der Waals surface area contributed by atoms with Crippen LogP contribution in [0.1, 0.15) is 239 Å². The van der Waals surface area contributed by atoms with Gasteiger partial charge in [0.15, 0.2) is 12.4 Å². The van der Waals surface area contributed by atoms with Crippen LogP contribution in [-0.2, 0) is 23.8 Å². The zero-order valence-corrected chi connectivity index (χ0v) is 50.4. The lowest BCUT2D eigenvalue weighted by Gasteiger charge is -2.41. The molecule has 11 heteroatoms. The van der Waals surface area contributed by atoms with Gasteiger partial charge in [-0.1, -0.05) is 245 Å². The molecule has 1 aliphatic rings. The van der Waals surface area contributed by atoms with Crippen LogP contribution in [0.15, 0.2) is 122 Å². The Bertz CT molecular complexity index is 1760. The first-order chi connectivity index (χ1) is 39.2. The maximum absolute atomic E-state index is 13.4. The van der Waals surface area contributed by atoms with Crippen LogP contribution in [0.3, 0.4) is 0 Å². The lowest BCUT2D eigenvalue weighted by atomic mass is 9.99. The molecular weight excluding hydrogens is 1000 g/mol. The SMILES string of the molecule is CC/C=C\C/C=C\C/C=C\C/C=C\C/C=C\C/C=C\CCCCCCCCCC(O)C(=O)NC(COC1OC(CO)C(O)C(O)C1OC(=O)CCCCCC/C=C/C/C=C/C/C=C/CC)C(O)/C=C/CCCCCCCCCCC. The normalized spacial score (nSPS) is 19.6. The number of carbonyl (C=O) groups is 2. The molecule has 0 aromatic heterocycles. The molecule has 456 valence electrons. The second-order valence-electron chi connectivity index (χ2n) is 21.4. The zero-order valence-electron chi connectivity index (χ0n) is 50.4. The number of carbonyl (C=O) groups excluding carboxylic acids is 2. The first kappa shape index (κ1) is 74.1. The van der Waals surface area contributed by atoms with E-state index < -0.39 is 67.4 Å². The van der Waals surface area contributed by atoms with Crippen LogP contribution in [0.5, 0.6) is 0 Å². The molecule has 1 rings (SSSR count). The second kappa shape index (κ2) is 55.6. The van der Waals surface area contributed by atoms with E-state index in [2.05, 4.69) is 135 Å². The van der Waals surface area contributed by atoms with Crippen molar-refractivity contribution in [1.29, 1.82) is 0 Å². The Morgan fingerprint density at radius 1 is 0.500 bits per heavy atom. The highest BCUT2D eigenvalue weighted by molar-refractivity contribution is 5.80. The summed E-state index contributed by atoms with van der Waals surface area (Å²) in [4.78, 5) is 26.5. The summed E-state index contributed by atoms with van der Waals surface area (Å²) >= 11 is 0. The van der Waals surface area contributed by atoms with Gasteiger partial charge >= 0.3 is 5.97 Å². The lowest BCUT2D eigenvalue weighted by Crippen LogP contribution is -2.61. The molecule has 0 bridgehead atoms. The van der Waals surface area contributed by atoms with E-state index in [4.69, 9.17) is 14.2 Å². The highest BCUT2D eigenvalue weighted by Gasteiger charge is 2.47. The van der Waals surface area contributed by atoms with E-state index in [0.29, 0.717) is 12.8 Å². The molecule has 8 atom stereocenters. The molecule has 80 heavy (non-hydrogen) atoms. The van der Waals surface area contributed by atoms with Crippen molar-refractivity contribution in [2.75, 3.05) is 13.2 Å². The molecule has 0 aliphatic carbocycles. The Labute approximate surface area is 487 Å². The van der Waals surface area contributed by atoms with Crippen LogP contribution in [0.25, 0.3) is 0 Å². The third-order valence-corrected chi connectivity index (χ3v) is 14.1. The van der Waals surface area contributed by atoms with E-state index in [1.807, 2.05) is 6.08 Å². The fourth-order valence-corrected chi connectivity index (χ4v) is 9.14. The molecule has 1 aliphatic heterocycles. The van der Waals surface area contributed by atoms with Crippen molar-refractivity contribution < 1.29 is 49.3 Å². The number of hydrogen-bond acceptors (Lipinski definition) is 10. The van der Waals surface area contributed by atoms with Gasteiger partial charge in [-0.3, -0.25) is 9.59 Å². The van der Waals surface area contributed by atoms with Gasteiger partial charge in [-0.25, -0.2) is 0 Å². The molecule has 0 saturated carbocycles. The van der Waals surface area contributed by atoms with Gasteiger partial charge in [-0.15, -0.1) is 0 Å². The van der Waals surface area contributed by atoms with E-state index in [1.165, 1.54) is 44.9 Å². The van der Waals surface area contributed by atoms with E-state index in [9.17, 15) is 35.1 Å². The highest BCUT2D eigenvalue weighted by atomic mass is 16.7. The topological polar surface area (TPSA) is 175 Å². The van der Waals surface area contributed by atoms with Crippen molar-refractivity contribution in [2.45, 2.75) is 288 Å². The average Bonchev–Trinajstić information content (AvgIpc) is 3.46. The van der Waals surface area contributed by atoms with Crippen LogP contribution < -0.4 is 5.32 Å². The predicted molar refractivity (Wildman–Crippen MR) is 333 cm³/mol. The lowest BCUT2D eigenvalue weighted by molar-refractivity contribution is -0.305. The van der Waals surface area contributed by atoms with Crippen molar-refractivity contribution in [3.63, 3.8) is 0 Å².